The number of hydrogen-bond acceptors (Lipinski definition) is 3. The topological polar surface area (TPSA) is 24.6 Å². The number of furan rings is 1. The van der Waals surface area contributed by atoms with Crippen LogP contribution in [0.4, 0.5) is 34.1 Å². The highest BCUT2D eigenvalue weighted by Crippen LogP contribution is 2.52. The predicted molar refractivity (Wildman–Crippen MR) is 404 cm³/mol. The molecule has 0 amide bonds. The molecule has 13 aromatic rings. The minimum atomic E-state index is -0.150. The lowest BCUT2D eigenvalue weighted by Crippen LogP contribution is -2.61. The highest BCUT2D eigenvalue weighted by atomic mass is 16.3. The summed E-state index contributed by atoms with van der Waals surface area (Å²) in [4.78, 5) is 5.20. The molecule has 466 valence electrons. The molecule has 1 aliphatic carbocycles. The molecule has 0 atom stereocenters. The Balaban J connectivity index is 1.01. The fraction of sp³-hybridized carbons (Fsp3) is 0.258. The summed E-state index contributed by atoms with van der Waals surface area (Å²) in [5, 5.41) is 4.67. The van der Waals surface area contributed by atoms with Crippen LogP contribution in [-0.4, -0.2) is 11.3 Å². The Labute approximate surface area is 557 Å². The van der Waals surface area contributed by atoms with E-state index in [0.29, 0.717) is 0 Å². The summed E-state index contributed by atoms with van der Waals surface area (Å²) in [6.07, 6.45) is 1.13. The average Bonchev–Trinajstić information content (AvgIpc) is 0.772. The molecule has 0 saturated carbocycles. The van der Waals surface area contributed by atoms with Crippen molar-refractivity contribution in [3.8, 4) is 39.1 Å². The van der Waals surface area contributed by atoms with Gasteiger partial charge < -0.3 is 18.8 Å². The van der Waals surface area contributed by atoms with Crippen LogP contribution in [0.1, 0.15) is 151 Å². The Hall–Kier alpha value is -9.32. The third-order valence-corrected chi connectivity index (χ3v) is 21.3. The molecule has 3 aliphatic rings. The van der Waals surface area contributed by atoms with Crippen molar-refractivity contribution in [2.24, 2.45) is 0 Å². The molecule has 11 aromatic carbocycles. The van der Waals surface area contributed by atoms with Gasteiger partial charge in [0.15, 0.2) is 0 Å². The largest absolute Gasteiger partial charge is 0.456 e. The van der Waals surface area contributed by atoms with E-state index in [2.05, 4.69) is 344 Å². The van der Waals surface area contributed by atoms with Gasteiger partial charge in [-0.1, -0.05) is 256 Å². The summed E-state index contributed by atoms with van der Waals surface area (Å²) >= 11 is 0. The maximum Gasteiger partial charge on any atom is 0.252 e. The van der Waals surface area contributed by atoms with E-state index in [1.807, 2.05) is 0 Å². The minimum Gasteiger partial charge on any atom is -0.456 e. The quantitative estimate of drug-likeness (QED) is 0.155. The zero-order chi connectivity index (χ0) is 65.5. The minimum absolute atomic E-state index is 0.0603. The van der Waals surface area contributed by atoms with Crippen LogP contribution in [0.15, 0.2) is 223 Å². The Morgan fingerprint density at radius 1 is 0.330 bits per heavy atom. The Morgan fingerprint density at radius 3 is 1.28 bits per heavy atom. The number of rotatable bonds is 6. The fourth-order valence-electron chi connectivity index (χ4n) is 16.4. The number of anilines is 6. The van der Waals surface area contributed by atoms with Crippen LogP contribution in [0.3, 0.4) is 0 Å². The van der Waals surface area contributed by atoms with E-state index < -0.39 is 0 Å². The first-order valence-corrected chi connectivity index (χ1v) is 34.1. The second-order valence-corrected chi connectivity index (χ2v) is 33.0. The summed E-state index contributed by atoms with van der Waals surface area (Å²) in [7, 11) is 0. The van der Waals surface area contributed by atoms with Gasteiger partial charge in [0.25, 0.3) is 6.71 Å². The highest BCUT2D eigenvalue weighted by molar-refractivity contribution is 7.00. The molecule has 0 N–H and O–H groups in total. The highest BCUT2D eigenvalue weighted by Gasteiger charge is 2.45. The zero-order valence-corrected chi connectivity index (χ0v) is 57.8. The van der Waals surface area contributed by atoms with E-state index in [1.165, 1.54) is 111 Å². The number of hydrogen-bond donors (Lipinski definition) is 0. The molecule has 4 heterocycles. The van der Waals surface area contributed by atoms with E-state index in [0.717, 1.165) is 62.5 Å². The normalized spacial score (nSPS) is 15.1. The molecule has 0 fully saturated rings. The maximum atomic E-state index is 6.86. The monoisotopic (exact) mass is 1220 g/mol. The van der Waals surface area contributed by atoms with E-state index in [4.69, 9.17) is 4.42 Å². The van der Waals surface area contributed by atoms with E-state index in [1.54, 1.807) is 0 Å². The van der Waals surface area contributed by atoms with Crippen molar-refractivity contribution >= 4 is 101 Å². The van der Waals surface area contributed by atoms with Crippen LogP contribution in [-0.2, 0) is 32.5 Å². The Kier molecular flexibility index (Phi) is 13.1. The summed E-state index contributed by atoms with van der Waals surface area (Å²) in [5.74, 6) is 0. The SMILES string of the molecule is CC(C)(C)c1cc(-c2ccc3c(c2)N(c2ccc(-c4ccc5c(c4)C(C)(C)CC5(C)C)cc2)c2cc(-n4c5ccccc5c5ccccc54)cc4c2B3c2ccc(-c3cc(C(C)(C)C)cc(C(C)(C)C)c3)cc2N4c2ccc3c(c2)oc2ccccc23)cc(C(C)(C)C)c1. The third kappa shape index (κ3) is 9.60. The number of aromatic nitrogens is 1. The van der Waals surface area contributed by atoms with Gasteiger partial charge in [0, 0.05) is 61.7 Å². The van der Waals surface area contributed by atoms with Crippen LogP contribution < -0.4 is 26.2 Å². The van der Waals surface area contributed by atoms with Crippen molar-refractivity contribution in [2.45, 2.75) is 150 Å². The molecular weight excluding hydrogens is 1140 g/mol. The first kappa shape index (κ1) is 59.7. The second-order valence-electron chi connectivity index (χ2n) is 33.0. The smallest absolute Gasteiger partial charge is 0.252 e. The van der Waals surface area contributed by atoms with Gasteiger partial charge in [-0.15, -0.1) is 0 Å². The number of fused-ring (bicyclic) bond motifs is 11. The number of nitrogens with zero attached hydrogens (tertiary/aromatic N) is 3. The molecule has 0 unspecified atom stereocenters. The summed E-state index contributed by atoms with van der Waals surface area (Å²) in [6.45, 7) is 37.6. The van der Waals surface area contributed by atoms with Gasteiger partial charge in [-0.05, 0) is 189 Å². The van der Waals surface area contributed by atoms with Crippen LogP contribution >= 0.6 is 0 Å². The molecule has 0 saturated heterocycles. The van der Waals surface area contributed by atoms with Crippen molar-refractivity contribution in [1.82, 2.24) is 4.57 Å². The zero-order valence-electron chi connectivity index (χ0n) is 57.8. The van der Waals surface area contributed by atoms with E-state index in [-0.39, 0.29) is 39.2 Å². The van der Waals surface area contributed by atoms with Gasteiger partial charge in [-0.25, -0.2) is 0 Å². The Bertz CT molecular complexity index is 5170. The van der Waals surface area contributed by atoms with Crippen molar-refractivity contribution < 1.29 is 4.42 Å². The molecular formula is C89H86BN3O. The predicted octanol–water partition coefficient (Wildman–Crippen LogP) is 22.9. The first-order chi connectivity index (χ1) is 44.6. The molecule has 2 aliphatic heterocycles. The van der Waals surface area contributed by atoms with E-state index in [9.17, 15) is 0 Å². The average molecular weight is 1220 g/mol. The van der Waals surface area contributed by atoms with Crippen molar-refractivity contribution in [3.63, 3.8) is 0 Å². The second kappa shape index (κ2) is 20.6. The maximum absolute atomic E-state index is 6.86. The van der Waals surface area contributed by atoms with Crippen LogP contribution in [0.25, 0.3) is 82.8 Å². The molecule has 0 radical (unpaired) electrons. The number of benzene rings is 11. The summed E-state index contributed by atoms with van der Waals surface area (Å²) < 4.78 is 9.38. The lowest BCUT2D eigenvalue weighted by molar-refractivity contribution is 0.403. The summed E-state index contributed by atoms with van der Waals surface area (Å²) in [6, 6.07) is 84.6. The van der Waals surface area contributed by atoms with Crippen molar-refractivity contribution in [3.05, 3.63) is 252 Å². The van der Waals surface area contributed by atoms with Gasteiger partial charge >= 0.3 is 0 Å². The van der Waals surface area contributed by atoms with Gasteiger partial charge in [-0.2, -0.15) is 0 Å². The molecule has 5 heteroatoms. The lowest BCUT2D eigenvalue weighted by Gasteiger charge is -2.44. The molecule has 0 bridgehead atoms. The third-order valence-electron chi connectivity index (χ3n) is 21.3. The lowest BCUT2D eigenvalue weighted by atomic mass is 9.33. The molecule has 16 rings (SSSR count). The van der Waals surface area contributed by atoms with Crippen LogP contribution in [0.5, 0.6) is 0 Å². The van der Waals surface area contributed by atoms with Gasteiger partial charge in [-0.3, -0.25) is 0 Å². The first-order valence-electron chi connectivity index (χ1n) is 34.1. The Morgan fingerprint density at radius 2 is 0.755 bits per heavy atom. The van der Waals surface area contributed by atoms with Crippen LogP contribution in [0.2, 0.25) is 0 Å². The van der Waals surface area contributed by atoms with Crippen molar-refractivity contribution in [1.29, 1.82) is 0 Å². The summed E-state index contributed by atoms with van der Waals surface area (Å²) in [5.41, 5.74) is 31.2. The molecule has 4 nitrogen and oxygen atoms in total. The fourth-order valence-corrected chi connectivity index (χ4v) is 16.4. The van der Waals surface area contributed by atoms with Crippen molar-refractivity contribution in [2.75, 3.05) is 9.80 Å². The van der Waals surface area contributed by atoms with Crippen LogP contribution in [0, 0.1) is 0 Å². The molecule has 0 spiro atoms. The van der Waals surface area contributed by atoms with E-state index >= 15 is 0 Å². The van der Waals surface area contributed by atoms with Gasteiger partial charge in [0.05, 0.1) is 16.7 Å². The molecule has 2 aromatic heterocycles. The number of para-hydroxylation sites is 3. The molecule has 94 heavy (non-hydrogen) atoms. The standard InChI is InChI=1S/C89H86BN3O/c1-84(2,3)60-41-58(42-61(48-60)85(4,5)6)56-32-39-73-77(46-56)91(64-34-29-54(30-35-64)55-31-38-71-72(45-55)89(15,16)53-88(71,13)14)79-50-66(93-75-26-20-17-23-67(75)68-24-18-21-27-76(68)93)51-80-83(79)90(73)74-40-33-57(59-43-62(86(7,8)9)49-63(44-59)87(10,11)12)47-78(74)92(80)65-36-37-70-69-25-19-22-28-81(69)94-82(70)52-65/h17-52H,53H2,1-16H3. The van der Waals surface area contributed by atoms with Gasteiger partial charge in [0.2, 0.25) is 0 Å². The van der Waals surface area contributed by atoms with Gasteiger partial charge in [0.1, 0.15) is 11.2 Å².